The molecule has 7 heteroatoms. The van der Waals surface area contributed by atoms with E-state index in [4.69, 9.17) is 31.7 Å². The van der Waals surface area contributed by atoms with Gasteiger partial charge in [0.15, 0.2) is 19.7 Å². The van der Waals surface area contributed by atoms with Gasteiger partial charge >= 0.3 is 0 Å². The standard InChI is InChI=1S/C63H41N5OSi/c1-4-22-43(23-5-1)70(44-24-6-2-7-25-44,45-26-8-3-9-27-45)46-28-20-21-42(39-46)61-64-62(66-63(65-61)68-56-36-17-12-31-49(56)50-32-13-18-37-57(50)68)53-41-60-52(51-33-14-19-38-59(51)69-60)40-58(53)67-54-34-15-10-29-47(54)48-30-11-16-35-55(48)67/h1-41H/i1D,2D,3D,4D,5D,6D,7D,8D,9D,20D,21D,22D,23D,24D,25D,26D,27D,28D,39D. The number of aromatic nitrogens is 5. The molecule has 70 heavy (non-hydrogen) atoms. The Morgan fingerprint density at radius 2 is 0.843 bits per heavy atom. The van der Waals surface area contributed by atoms with Crippen molar-refractivity contribution in [1.82, 2.24) is 24.1 Å². The summed E-state index contributed by atoms with van der Waals surface area (Å²) in [5.41, 5.74) is 3.82. The highest BCUT2D eigenvalue weighted by Gasteiger charge is 2.41. The van der Waals surface area contributed by atoms with Crippen LogP contribution in [0.3, 0.4) is 0 Å². The first kappa shape index (κ1) is 25.3. The van der Waals surface area contributed by atoms with Crippen molar-refractivity contribution in [3.8, 4) is 34.4 Å². The number of fused-ring (bicyclic) bond motifs is 9. The van der Waals surface area contributed by atoms with Crippen LogP contribution in [0.25, 0.3) is 100.0 Å². The molecular formula is C63H41N5OSi. The van der Waals surface area contributed by atoms with Gasteiger partial charge in [0, 0.05) is 43.4 Å². The Labute approximate surface area is 430 Å². The molecule has 0 aliphatic heterocycles. The average molecular weight is 931 g/mol. The van der Waals surface area contributed by atoms with Crippen molar-refractivity contribution in [3.05, 3.63) is 248 Å². The second-order valence-electron chi connectivity index (χ2n) is 16.5. The summed E-state index contributed by atoms with van der Waals surface area (Å²) in [5, 5.41) is 0.933. The maximum absolute atomic E-state index is 10.8. The fraction of sp³-hybridized carbons (Fsp3) is 0. The first-order valence-electron chi connectivity index (χ1n) is 31.6. The fourth-order valence-corrected chi connectivity index (χ4v) is 13.4. The zero-order valence-electron chi connectivity index (χ0n) is 55.3. The number of nitrogens with zero attached hydrogens (tertiary/aromatic N) is 5. The van der Waals surface area contributed by atoms with Crippen molar-refractivity contribution in [2.24, 2.45) is 0 Å². The summed E-state index contributed by atoms with van der Waals surface area (Å²) in [4.78, 5) is 15.5. The summed E-state index contributed by atoms with van der Waals surface area (Å²) in [6, 6.07) is 21.3. The number of hydrogen-bond acceptors (Lipinski definition) is 4. The largest absolute Gasteiger partial charge is 0.456 e. The molecule has 0 spiro atoms. The van der Waals surface area contributed by atoms with E-state index in [1.165, 1.54) is 0 Å². The Hall–Kier alpha value is -9.17. The lowest BCUT2D eigenvalue weighted by Gasteiger charge is -2.34. The van der Waals surface area contributed by atoms with Crippen molar-refractivity contribution >= 4 is 94.4 Å². The summed E-state index contributed by atoms with van der Waals surface area (Å²) in [5.74, 6) is -0.772. The number of benzene rings is 10. The van der Waals surface area contributed by atoms with Crippen LogP contribution in [0.2, 0.25) is 0 Å². The van der Waals surface area contributed by atoms with Gasteiger partial charge < -0.3 is 8.98 Å². The number of hydrogen-bond donors (Lipinski definition) is 0. The molecule has 0 unspecified atom stereocenters. The summed E-state index contributed by atoms with van der Waals surface area (Å²) in [7, 11) is -6.26. The Balaban J connectivity index is 1.21. The van der Waals surface area contributed by atoms with Crippen LogP contribution in [0.1, 0.15) is 26.0 Å². The summed E-state index contributed by atoms with van der Waals surface area (Å²) >= 11 is 0. The summed E-state index contributed by atoms with van der Waals surface area (Å²) < 4.78 is 190. The molecule has 0 amide bonds. The van der Waals surface area contributed by atoms with Gasteiger partial charge in [-0.1, -0.05) is 206 Å². The third-order valence-corrected chi connectivity index (χ3v) is 16.8. The normalized spacial score (nSPS) is 15.8. The topological polar surface area (TPSA) is 61.7 Å². The SMILES string of the molecule is [2H]c1c([2H])c([2H])c([Si](c2c([2H])c([2H])c([2H])c([2H])c2[2H])(c2c([2H])c([2H])c([2H])c([2H])c2[2H])c2c([2H])c([2H])c([2H])c(-c3nc(-c4cc5oc6ccccc6c5cc4-n4c5ccccc5c5ccccc54)nc(-n4c5ccccc5c5ccccc54)n3)c2[2H])c([2H])c1[2H]. The Kier molecular flexibility index (Phi) is 5.77. The predicted octanol–water partition coefficient (Wildman–Crippen LogP) is 12.7. The van der Waals surface area contributed by atoms with Crippen LogP contribution in [0.4, 0.5) is 0 Å². The van der Waals surface area contributed by atoms with Gasteiger partial charge in [-0.2, -0.15) is 9.97 Å². The van der Waals surface area contributed by atoms with E-state index in [9.17, 15) is 13.7 Å². The Bertz CT molecular complexity index is 5130. The molecule has 0 N–H and O–H groups in total. The highest BCUT2D eigenvalue weighted by Crippen LogP contribution is 2.41. The Morgan fingerprint density at radius 1 is 0.386 bits per heavy atom. The van der Waals surface area contributed by atoms with E-state index in [1.807, 2.05) is 132 Å². The highest BCUT2D eigenvalue weighted by molar-refractivity contribution is 7.19. The van der Waals surface area contributed by atoms with Gasteiger partial charge in [0.05, 0.1) is 53.8 Å². The number of para-hydroxylation sites is 5. The van der Waals surface area contributed by atoms with E-state index in [2.05, 4.69) is 0 Å². The molecule has 4 heterocycles. The molecule has 0 aliphatic rings. The van der Waals surface area contributed by atoms with Crippen LogP contribution in [0, 0.1) is 0 Å². The van der Waals surface area contributed by atoms with Crippen LogP contribution in [0.15, 0.2) is 253 Å². The van der Waals surface area contributed by atoms with Crippen LogP contribution in [-0.2, 0) is 0 Å². The quantitative estimate of drug-likeness (QED) is 0.112. The van der Waals surface area contributed by atoms with Crippen LogP contribution in [-0.4, -0.2) is 32.2 Å². The van der Waals surface area contributed by atoms with Gasteiger partial charge in [0.2, 0.25) is 5.95 Å². The molecule has 14 aromatic rings. The van der Waals surface area contributed by atoms with E-state index in [-0.39, 0.29) is 11.8 Å². The first-order chi connectivity index (χ1) is 42.6. The highest BCUT2D eigenvalue weighted by atomic mass is 28.3. The molecule has 6 nitrogen and oxygen atoms in total. The summed E-state index contributed by atoms with van der Waals surface area (Å²) in [6.07, 6.45) is 0. The van der Waals surface area contributed by atoms with Gasteiger partial charge in [0.1, 0.15) is 11.2 Å². The van der Waals surface area contributed by atoms with Crippen LogP contribution in [0.5, 0.6) is 0 Å². The molecular weight excluding hydrogens is 871 g/mol. The van der Waals surface area contributed by atoms with E-state index < -0.39 is 155 Å². The van der Waals surface area contributed by atoms with Crippen LogP contribution >= 0.6 is 0 Å². The smallest absolute Gasteiger partial charge is 0.238 e. The molecule has 0 aliphatic carbocycles. The third-order valence-electron chi connectivity index (χ3n) is 12.8. The molecule has 0 saturated carbocycles. The minimum absolute atomic E-state index is 0.113. The maximum Gasteiger partial charge on any atom is 0.238 e. The molecule has 10 aromatic carbocycles. The third kappa shape index (κ3) is 6.08. The van der Waals surface area contributed by atoms with Crippen molar-refractivity contribution in [3.63, 3.8) is 0 Å². The van der Waals surface area contributed by atoms with Gasteiger partial charge in [0.25, 0.3) is 0 Å². The first-order valence-corrected chi connectivity index (χ1v) is 24.1. The lowest BCUT2D eigenvalue weighted by atomic mass is 10.1. The van der Waals surface area contributed by atoms with E-state index in [0.29, 0.717) is 38.8 Å². The zero-order valence-corrected chi connectivity index (χ0v) is 37.3. The monoisotopic (exact) mass is 930 g/mol. The molecule has 0 fully saturated rings. The molecule has 14 rings (SSSR count). The molecule has 0 saturated heterocycles. The van der Waals surface area contributed by atoms with E-state index in [1.54, 1.807) is 10.6 Å². The molecule has 0 atom stereocenters. The Morgan fingerprint density at radius 3 is 1.39 bits per heavy atom. The molecule has 0 bridgehead atoms. The molecule has 0 radical (unpaired) electrons. The van der Waals surface area contributed by atoms with Gasteiger partial charge in [-0.15, -0.1) is 0 Å². The van der Waals surface area contributed by atoms with Crippen molar-refractivity contribution in [2.75, 3.05) is 0 Å². The maximum atomic E-state index is 10.8. The van der Waals surface area contributed by atoms with E-state index in [0.717, 1.165) is 38.0 Å². The van der Waals surface area contributed by atoms with Gasteiger partial charge in [-0.25, -0.2) is 4.98 Å². The van der Waals surface area contributed by atoms with Crippen molar-refractivity contribution in [2.45, 2.75) is 0 Å². The number of furan rings is 1. The molecule has 4 aromatic heterocycles. The second-order valence-corrected chi connectivity index (χ2v) is 20.0. The van der Waals surface area contributed by atoms with E-state index >= 15 is 0 Å². The lowest BCUT2D eigenvalue weighted by molar-refractivity contribution is 0.669. The van der Waals surface area contributed by atoms with Crippen molar-refractivity contribution < 1.29 is 30.5 Å². The zero-order chi connectivity index (χ0) is 62.7. The minimum Gasteiger partial charge on any atom is -0.456 e. The number of rotatable bonds is 8. The summed E-state index contributed by atoms with van der Waals surface area (Å²) in [6.45, 7) is 0. The fourth-order valence-electron chi connectivity index (χ4n) is 9.85. The van der Waals surface area contributed by atoms with Gasteiger partial charge in [-0.05, 0) is 63.2 Å². The van der Waals surface area contributed by atoms with Gasteiger partial charge in [-0.3, -0.25) is 4.57 Å². The predicted molar refractivity (Wildman–Crippen MR) is 290 cm³/mol. The van der Waals surface area contributed by atoms with Crippen molar-refractivity contribution in [1.29, 1.82) is 0 Å². The van der Waals surface area contributed by atoms with Crippen LogP contribution < -0.4 is 20.7 Å². The average Bonchev–Trinajstić information content (AvgIpc) is 1.10. The molecule has 328 valence electrons. The second kappa shape index (κ2) is 16.0. The minimum atomic E-state index is -6.26. The lowest BCUT2D eigenvalue weighted by Crippen LogP contribution is -2.74.